The summed E-state index contributed by atoms with van der Waals surface area (Å²) in [6.07, 6.45) is 5.65. The molecule has 0 aromatic carbocycles. The molecule has 0 spiro atoms. The Morgan fingerprint density at radius 1 is 1.53 bits per heavy atom. The van der Waals surface area contributed by atoms with Crippen molar-refractivity contribution in [2.24, 2.45) is 18.4 Å². The molecular weight excluding hydrogens is 240 g/mol. The zero-order valence-corrected chi connectivity index (χ0v) is 12.1. The van der Waals surface area contributed by atoms with Crippen LogP contribution in [0.3, 0.4) is 0 Å². The van der Waals surface area contributed by atoms with Gasteiger partial charge in [-0.25, -0.2) is 0 Å². The number of nitrogens with one attached hydrogen (secondary N) is 1. The quantitative estimate of drug-likeness (QED) is 0.886. The van der Waals surface area contributed by atoms with E-state index in [-0.39, 0.29) is 5.41 Å². The molecule has 3 atom stereocenters. The van der Waals surface area contributed by atoms with Crippen molar-refractivity contribution in [2.75, 3.05) is 13.2 Å². The Balaban J connectivity index is 1.54. The van der Waals surface area contributed by atoms with Crippen LogP contribution in [-0.4, -0.2) is 40.1 Å². The molecule has 1 aromatic heterocycles. The van der Waals surface area contributed by atoms with Crippen molar-refractivity contribution < 1.29 is 4.74 Å². The summed E-state index contributed by atoms with van der Waals surface area (Å²) in [5.41, 5.74) is 0.255. The second-order valence-electron chi connectivity index (χ2n) is 6.46. The summed E-state index contributed by atoms with van der Waals surface area (Å²) in [6, 6.07) is 0.575. The maximum atomic E-state index is 5.93. The number of aryl methyl sites for hydroxylation is 1. The molecule has 1 aliphatic heterocycles. The molecule has 1 aliphatic carbocycles. The van der Waals surface area contributed by atoms with E-state index >= 15 is 0 Å². The highest BCUT2D eigenvalue weighted by atomic mass is 16.5. The van der Waals surface area contributed by atoms with Gasteiger partial charge in [0.15, 0.2) is 0 Å². The lowest BCUT2D eigenvalue weighted by Gasteiger charge is -2.60. The van der Waals surface area contributed by atoms with Crippen molar-refractivity contribution in [3.05, 3.63) is 12.2 Å². The van der Waals surface area contributed by atoms with Gasteiger partial charge in [0.25, 0.3) is 0 Å². The standard InChI is InChI=1S/C14H24N4O/c1-14(2)12(10-5-4-8-19-13(10)14)15-7-6-11-17-16-9-18(11)3/h9-10,12-13,15H,4-8H2,1-3H3. The maximum Gasteiger partial charge on any atom is 0.133 e. The predicted molar refractivity (Wildman–Crippen MR) is 72.7 cm³/mol. The second kappa shape index (κ2) is 4.87. The van der Waals surface area contributed by atoms with E-state index in [0.717, 1.165) is 25.4 Å². The number of rotatable bonds is 4. The van der Waals surface area contributed by atoms with E-state index in [1.165, 1.54) is 12.8 Å². The molecule has 5 nitrogen and oxygen atoms in total. The summed E-state index contributed by atoms with van der Waals surface area (Å²) in [7, 11) is 1.99. The minimum atomic E-state index is 0.255. The molecule has 5 heteroatoms. The number of hydrogen-bond donors (Lipinski definition) is 1. The van der Waals surface area contributed by atoms with Crippen LogP contribution in [0.1, 0.15) is 32.5 Å². The lowest BCUT2D eigenvalue weighted by Crippen LogP contribution is -2.69. The highest BCUT2D eigenvalue weighted by Crippen LogP contribution is 2.51. The fourth-order valence-corrected chi connectivity index (χ4v) is 3.81. The zero-order valence-electron chi connectivity index (χ0n) is 12.1. The fraction of sp³-hybridized carbons (Fsp3) is 0.857. The summed E-state index contributed by atoms with van der Waals surface area (Å²) >= 11 is 0. The van der Waals surface area contributed by atoms with Gasteiger partial charge >= 0.3 is 0 Å². The van der Waals surface area contributed by atoms with Gasteiger partial charge in [0.05, 0.1) is 6.10 Å². The lowest BCUT2D eigenvalue weighted by molar-refractivity contribution is -0.192. The van der Waals surface area contributed by atoms with Gasteiger partial charge in [-0.1, -0.05) is 13.8 Å². The molecule has 0 radical (unpaired) electrons. The van der Waals surface area contributed by atoms with Crippen LogP contribution < -0.4 is 5.32 Å². The fourth-order valence-electron chi connectivity index (χ4n) is 3.81. The SMILES string of the molecule is Cn1cnnc1CCNC1C2CCCOC2C1(C)C. The van der Waals surface area contributed by atoms with Crippen LogP contribution in [0, 0.1) is 11.3 Å². The summed E-state index contributed by atoms with van der Waals surface area (Å²) in [5.74, 6) is 1.74. The number of ether oxygens (including phenoxy) is 1. The first kappa shape index (κ1) is 13.1. The summed E-state index contributed by atoms with van der Waals surface area (Å²) in [6.45, 7) is 6.54. The molecule has 106 valence electrons. The first-order valence-corrected chi connectivity index (χ1v) is 7.28. The van der Waals surface area contributed by atoms with Crippen LogP contribution in [0.4, 0.5) is 0 Å². The number of fused-ring (bicyclic) bond motifs is 1. The molecule has 19 heavy (non-hydrogen) atoms. The van der Waals surface area contributed by atoms with E-state index in [1.807, 2.05) is 11.6 Å². The molecule has 1 saturated heterocycles. The van der Waals surface area contributed by atoms with Gasteiger partial charge in [-0.2, -0.15) is 0 Å². The van der Waals surface area contributed by atoms with Crippen LogP contribution in [0.25, 0.3) is 0 Å². The third-order valence-electron chi connectivity index (χ3n) is 4.85. The number of nitrogens with zero attached hydrogens (tertiary/aromatic N) is 3. The third kappa shape index (κ3) is 2.19. The minimum Gasteiger partial charge on any atom is -0.377 e. The Labute approximate surface area is 114 Å². The van der Waals surface area contributed by atoms with Crippen molar-refractivity contribution in [3.8, 4) is 0 Å². The van der Waals surface area contributed by atoms with E-state index in [4.69, 9.17) is 4.74 Å². The van der Waals surface area contributed by atoms with Crippen molar-refractivity contribution >= 4 is 0 Å². The van der Waals surface area contributed by atoms with E-state index in [2.05, 4.69) is 29.4 Å². The van der Waals surface area contributed by atoms with Gasteiger partial charge in [-0.05, 0) is 12.8 Å². The van der Waals surface area contributed by atoms with Crippen molar-refractivity contribution in [2.45, 2.75) is 45.3 Å². The molecule has 3 unspecified atom stereocenters. The highest BCUT2D eigenvalue weighted by Gasteiger charge is 2.57. The Kier molecular flexibility index (Phi) is 3.35. The normalized spacial score (nSPS) is 32.7. The molecule has 0 bridgehead atoms. The zero-order chi connectivity index (χ0) is 13.5. The Bertz CT molecular complexity index is 442. The molecule has 1 aromatic rings. The lowest BCUT2D eigenvalue weighted by atomic mass is 9.55. The van der Waals surface area contributed by atoms with Crippen molar-refractivity contribution in [1.29, 1.82) is 0 Å². The second-order valence-corrected chi connectivity index (χ2v) is 6.46. The maximum absolute atomic E-state index is 5.93. The van der Waals surface area contributed by atoms with Gasteiger partial charge < -0.3 is 14.6 Å². The molecular formula is C14H24N4O. The smallest absolute Gasteiger partial charge is 0.133 e. The predicted octanol–water partition coefficient (Wildman–Crippen LogP) is 1.15. The van der Waals surface area contributed by atoms with Crippen LogP contribution in [0.5, 0.6) is 0 Å². The van der Waals surface area contributed by atoms with Crippen LogP contribution in [-0.2, 0) is 18.2 Å². The first-order chi connectivity index (χ1) is 9.10. The van der Waals surface area contributed by atoms with Crippen molar-refractivity contribution in [1.82, 2.24) is 20.1 Å². The van der Waals surface area contributed by atoms with Gasteiger partial charge in [-0.15, -0.1) is 10.2 Å². The molecule has 1 saturated carbocycles. The topological polar surface area (TPSA) is 52.0 Å². The monoisotopic (exact) mass is 264 g/mol. The van der Waals surface area contributed by atoms with E-state index in [1.54, 1.807) is 6.33 Å². The van der Waals surface area contributed by atoms with Crippen LogP contribution in [0.2, 0.25) is 0 Å². The molecule has 2 heterocycles. The van der Waals surface area contributed by atoms with Crippen molar-refractivity contribution in [3.63, 3.8) is 0 Å². The van der Waals surface area contributed by atoms with Gasteiger partial charge in [0, 0.05) is 44.0 Å². The summed E-state index contributed by atoms with van der Waals surface area (Å²) in [4.78, 5) is 0. The number of aromatic nitrogens is 3. The largest absolute Gasteiger partial charge is 0.377 e. The van der Waals surface area contributed by atoms with Crippen LogP contribution in [0.15, 0.2) is 6.33 Å². The summed E-state index contributed by atoms with van der Waals surface area (Å²) < 4.78 is 7.91. The molecule has 2 aliphatic rings. The number of hydrogen-bond acceptors (Lipinski definition) is 4. The van der Waals surface area contributed by atoms with E-state index < -0.39 is 0 Å². The van der Waals surface area contributed by atoms with Gasteiger partial charge in [-0.3, -0.25) is 0 Å². The molecule has 0 amide bonds. The Morgan fingerprint density at radius 3 is 3.11 bits per heavy atom. The molecule has 3 rings (SSSR count). The average Bonchev–Trinajstić information content (AvgIpc) is 2.80. The van der Waals surface area contributed by atoms with E-state index in [0.29, 0.717) is 18.1 Å². The van der Waals surface area contributed by atoms with Gasteiger partial charge in [0.2, 0.25) is 0 Å². The Morgan fingerprint density at radius 2 is 2.37 bits per heavy atom. The van der Waals surface area contributed by atoms with Crippen LogP contribution >= 0.6 is 0 Å². The summed E-state index contributed by atoms with van der Waals surface area (Å²) in [5, 5.41) is 11.7. The van der Waals surface area contributed by atoms with E-state index in [9.17, 15) is 0 Å². The average molecular weight is 264 g/mol. The molecule has 2 fully saturated rings. The highest BCUT2D eigenvalue weighted by molar-refractivity contribution is 5.10. The first-order valence-electron chi connectivity index (χ1n) is 7.28. The molecule has 1 N–H and O–H groups in total. The van der Waals surface area contributed by atoms with Gasteiger partial charge in [0.1, 0.15) is 12.2 Å². The minimum absolute atomic E-state index is 0.255. The Hall–Kier alpha value is -0.940. The third-order valence-corrected chi connectivity index (χ3v) is 4.85.